The number of fused-ring (bicyclic) bond motifs is 1. The summed E-state index contributed by atoms with van der Waals surface area (Å²) in [6, 6.07) is 15.3. The molecular weight excluding hydrogens is 290 g/mol. The van der Waals surface area contributed by atoms with Crippen molar-refractivity contribution in [3.05, 3.63) is 54.4 Å². The van der Waals surface area contributed by atoms with Crippen LogP contribution in [0.4, 0.5) is 5.69 Å². The molecule has 0 saturated carbocycles. The Morgan fingerprint density at radius 1 is 1.17 bits per heavy atom. The summed E-state index contributed by atoms with van der Waals surface area (Å²) in [7, 11) is 0. The largest absolute Gasteiger partial charge is 0.492 e. The highest BCUT2D eigenvalue weighted by molar-refractivity contribution is 5.92. The Balaban J connectivity index is 1.61. The summed E-state index contributed by atoms with van der Waals surface area (Å²) < 4.78 is 5.51. The molecule has 2 aromatic carbocycles. The SMILES string of the molecule is CCOc1ccccc1NC(=O)CCc1nc2ccccc2[nH]1. The highest BCUT2D eigenvalue weighted by Gasteiger charge is 2.09. The molecule has 0 atom stereocenters. The van der Waals surface area contributed by atoms with Crippen molar-refractivity contribution in [2.45, 2.75) is 19.8 Å². The summed E-state index contributed by atoms with van der Waals surface area (Å²) >= 11 is 0. The van der Waals surface area contributed by atoms with Gasteiger partial charge in [0.05, 0.1) is 23.3 Å². The van der Waals surface area contributed by atoms with Gasteiger partial charge < -0.3 is 15.0 Å². The highest BCUT2D eigenvalue weighted by atomic mass is 16.5. The van der Waals surface area contributed by atoms with Gasteiger partial charge in [0.2, 0.25) is 5.91 Å². The molecule has 3 aromatic rings. The second-order valence-electron chi connectivity index (χ2n) is 5.18. The first-order valence-corrected chi connectivity index (χ1v) is 7.71. The molecule has 0 saturated heterocycles. The molecule has 0 bridgehead atoms. The third-order valence-corrected chi connectivity index (χ3v) is 3.49. The number of anilines is 1. The van der Waals surface area contributed by atoms with Crippen LogP contribution >= 0.6 is 0 Å². The van der Waals surface area contributed by atoms with Gasteiger partial charge >= 0.3 is 0 Å². The van der Waals surface area contributed by atoms with Gasteiger partial charge in [-0.25, -0.2) is 4.98 Å². The highest BCUT2D eigenvalue weighted by Crippen LogP contribution is 2.23. The minimum Gasteiger partial charge on any atom is -0.492 e. The van der Waals surface area contributed by atoms with Gasteiger partial charge in [0.15, 0.2) is 0 Å². The normalized spacial score (nSPS) is 10.7. The number of nitrogens with zero attached hydrogens (tertiary/aromatic N) is 1. The van der Waals surface area contributed by atoms with E-state index in [9.17, 15) is 4.79 Å². The number of ether oxygens (including phenoxy) is 1. The first-order chi connectivity index (χ1) is 11.3. The van der Waals surface area contributed by atoms with Gasteiger partial charge in [-0.15, -0.1) is 0 Å². The summed E-state index contributed by atoms with van der Waals surface area (Å²) in [4.78, 5) is 19.9. The number of H-pyrrole nitrogens is 1. The number of rotatable bonds is 6. The smallest absolute Gasteiger partial charge is 0.224 e. The number of hydrogen-bond donors (Lipinski definition) is 2. The molecule has 0 unspecified atom stereocenters. The first kappa shape index (κ1) is 15.1. The van der Waals surface area contributed by atoms with E-state index < -0.39 is 0 Å². The Bertz CT molecular complexity index is 778. The molecule has 118 valence electrons. The van der Waals surface area contributed by atoms with Crippen LogP contribution in [0, 0.1) is 0 Å². The third-order valence-electron chi connectivity index (χ3n) is 3.49. The topological polar surface area (TPSA) is 67.0 Å². The lowest BCUT2D eigenvalue weighted by Gasteiger charge is -2.10. The number of aromatic amines is 1. The predicted molar refractivity (Wildman–Crippen MR) is 90.7 cm³/mol. The summed E-state index contributed by atoms with van der Waals surface area (Å²) in [6.07, 6.45) is 0.928. The standard InChI is InChI=1S/C18H19N3O2/c1-2-23-16-10-6-5-9-15(16)21-18(22)12-11-17-19-13-7-3-4-8-14(13)20-17/h3-10H,2,11-12H2,1H3,(H,19,20)(H,21,22). The molecule has 0 fully saturated rings. The molecule has 1 aromatic heterocycles. The quantitative estimate of drug-likeness (QED) is 0.732. The van der Waals surface area contributed by atoms with E-state index in [1.165, 1.54) is 0 Å². The Kier molecular flexibility index (Phi) is 4.57. The molecule has 1 heterocycles. The van der Waals surface area contributed by atoms with Crippen molar-refractivity contribution >= 4 is 22.6 Å². The summed E-state index contributed by atoms with van der Waals surface area (Å²) in [5.41, 5.74) is 2.61. The molecule has 5 nitrogen and oxygen atoms in total. The molecule has 0 spiro atoms. The van der Waals surface area contributed by atoms with E-state index in [2.05, 4.69) is 15.3 Å². The maximum absolute atomic E-state index is 12.1. The van der Waals surface area contributed by atoms with E-state index in [-0.39, 0.29) is 5.91 Å². The number of aryl methyl sites for hydroxylation is 1. The van der Waals surface area contributed by atoms with Gasteiger partial charge in [-0.05, 0) is 31.2 Å². The fourth-order valence-electron chi connectivity index (χ4n) is 2.42. The van der Waals surface area contributed by atoms with Gasteiger partial charge in [0.25, 0.3) is 0 Å². The van der Waals surface area contributed by atoms with E-state index in [0.717, 1.165) is 16.9 Å². The molecule has 0 aliphatic rings. The summed E-state index contributed by atoms with van der Waals surface area (Å²) in [5, 5.41) is 2.89. The van der Waals surface area contributed by atoms with Crippen LogP contribution in [-0.2, 0) is 11.2 Å². The van der Waals surface area contributed by atoms with Crippen LogP contribution < -0.4 is 10.1 Å². The maximum atomic E-state index is 12.1. The molecule has 2 N–H and O–H groups in total. The lowest BCUT2D eigenvalue weighted by atomic mass is 10.2. The van der Waals surface area contributed by atoms with Crippen LogP contribution in [0.5, 0.6) is 5.75 Å². The average Bonchev–Trinajstić information content (AvgIpc) is 2.98. The minimum atomic E-state index is -0.0578. The summed E-state index contributed by atoms with van der Waals surface area (Å²) in [6.45, 7) is 2.48. The number of hydrogen-bond acceptors (Lipinski definition) is 3. The Morgan fingerprint density at radius 3 is 2.78 bits per heavy atom. The Morgan fingerprint density at radius 2 is 1.96 bits per heavy atom. The number of para-hydroxylation sites is 4. The van der Waals surface area contributed by atoms with Crippen LogP contribution in [0.15, 0.2) is 48.5 Å². The number of nitrogens with one attached hydrogen (secondary N) is 2. The lowest BCUT2D eigenvalue weighted by Crippen LogP contribution is -2.13. The second kappa shape index (κ2) is 6.96. The molecule has 1 amide bonds. The van der Waals surface area contributed by atoms with E-state index in [4.69, 9.17) is 4.74 Å². The molecular formula is C18H19N3O2. The molecule has 23 heavy (non-hydrogen) atoms. The number of carbonyl (C=O) groups excluding carboxylic acids is 1. The van der Waals surface area contributed by atoms with E-state index >= 15 is 0 Å². The van der Waals surface area contributed by atoms with Gasteiger partial charge in [-0.2, -0.15) is 0 Å². The summed E-state index contributed by atoms with van der Waals surface area (Å²) in [5.74, 6) is 1.45. The molecule has 3 rings (SSSR count). The van der Waals surface area contributed by atoms with Gasteiger partial charge in [0.1, 0.15) is 11.6 Å². The first-order valence-electron chi connectivity index (χ1n) is 7.71. The number of benzene rings is 2. The number of carbonyl (C=O) groups is 1. The molecule has 0 aliphatic carbocycles. The zero-order chi connectivity index (χ0) is 16.1. The van der Waals surface area contributed by atoms with Gasteiger partial charge in [-0.3, -0.25) is 4.79 Å². The lowest BCUT2D eigenvalue weighted by molar-refractivity contribution is -0.116. The third kappa shape index (κ3) is 3.69. The Labute approximate surface area is 134 Å². The van der Waals surface area contributed by atoms with Crippen molar-refractivity contribution < 1.29 is 9.53 Å². The van der Waals surface area contributed by atoms with Crippen molar-refractivity contribution in [3.63, 3.8) is 0 Å². The number of imidazole rings is 1. The molecule has 0 aliphatic heterocycles. The van der Waals surface area contributed by atoms with Crippen molar-refractivity contribution in [2.24, 2.45) is 0 Å². The fourth-order valence-corrected chi connectivity index (χ4v) is 2.42. The van der Waals surface area contributed by atoms with Crippen molar-refractivity contribution in [1.29, 1.82) is 0 Å². The van der Waals surface area contributed by atoms with Crippen LogP contribution in [0.1, 0.15) is 19.2 Å². The predicted octanol–water partition coefficient (Wildman–Crippen LogP) is 3.53. The van der Waals surface area contributed by atoms with Crippen LogP contribution in [-0.4, -0.2) is 22.5 Å². The van der Waals surface area contributed by atoms with E-state index in [1.807, 2.05) is 55.5 Å². The zero-order valence-electron chi connectivity index (χ0n) is 13.0. The van der Waals surface area contributed by atoms with Crippen LogP contribution in [0.3, 0.4) is 0 Å². The fraction of sp³-hybridized carbons (Fsp3) is 0.222. The second-order valence-corrected chi connectivity index (χ2v) is 5.18. The zero-order valence-corrected chi connectivity index (χ0v) is 13.0. The van der Waals surface area contributed by atoms with Crippen LogP contribution in [0.25, 0.3) is 11.0 Å². The molecule has 0 radical (unpaired) electrons. The van der Waals surface area contributed by atoms with E-state index in [1.54, 1.807) is 0 Å². The van der Waals surface area contributed by atoms with E-state index in [0.29, 0.717) is 30.9 Å². The monoisotopic (exact) mass is 309 g/mol. The number of amides is 1. The number of aromatic nitrogens is 2. The minimum absolute atomic E-state index is 0.0578. The molecule has 5 heteroatoms. The van der Waals surface area contributed by atoms with Crippen molar-refractivity contribution in [2.75, 3.05) is 11.9 Å². The van der Waals surface area contributed by atoms with Crippen LogP contribution in [0.2, 0.25) is 0 Å². The van der Waals surface area contributed by atoms with Crippen molar-refractivity contribution in [3.8, 4) is 5.75 Å². The Hall–Kier alpha value is -2.82. The van der Waals surface area contributed by atoms with Gasteiger partial charge in [-0.1, -0.05) is 24.3 Å². The maximum Gasteiger partial charge on any atom is 0.224 e. The van der Waals surface area contributed by atoms with Crippen molar-refractivity contribution in [1.82, 2.24) is 9.97 Å². The van der Waals surface area contributed by atoms with Gasteiger partial charge in [0, 0.05) is 12.8 Å². The average molecular weight is 309 g/mol.